The van der Waals surface area contributed by atoms with E-state index in [1.165, 1.54) is 0 Å². The summed E-state index contributed by atoms with van der Waals surface area (Å²) in [5.41, 5.74) is 2.22. The van der Waals surface area contributed by atoms with Gasteiger partial charge in [-0.1, -0.05) is 15.9 Å². The topological polar surface area (TPSA) is 51.2 Å². The maximum atomic E-state index is 12.4. The SMILES string of the molecule is COc1ccc(Br)cc1C(=O)Nc1ccc(-c2nccs2)cc1. The first kappa shape index (κ1) is 15.7. The zero-order valence-electron chi connectivity index (χ0n) is 12.2. The fourth-order valence-corrected chi connectivity index (χ4v) is 3.12. The van der Waals surface area contributed by atoms with Crippen LogP contribution in [0.2, 0.25) is 0 Å². The number of anilines is 1. The maximum Gasteiger partial charge on any atom is 0.259 e. The number of ether oxygens (including phenoxy) is 1. The Hall–Kier alpha value is -2.18. The van der Waals surface area contributed by atoms with Crippen molar-refractivity contribution in [2.24, 2.45) is 0 Å². The number of amides is 1. The lowest BCUT2D eigenvalue weighted by Gasteiger charge is -2.10. The molecule has 0 saturated carbocycles. The third-order valence-corrected chi connectivity index (χ3v) is 4.54. The van der Waals surface area contributed by atoms with Crippen molar-refractivity contribution in [2.75, 3.05) is 12.4 Å². The second kappa shape index (κ2) is 6.93. The normalized spacial score (nSPS) is 10.3. The van der Waals surface area contributed by atoms with Gasteiger partial charge in [0.25, 0.3) is 5.91 Å². The van der Waals surface area contributed by atoms with E-state index in [0.29, 0.717) is 11.3 Å². The molecule has 3 aromatic rings. The van der Waals surface area contributed by atoms with Crippen molar-refractivity contribution in [3.63, 3.8) is 0 Å². The van der Waals surface area contributed by atoms with Gasteiger partial charge in [0.2, 0.25) is 0 Å². The highest BCUT2D eigenvalue weighted by atomic mass is 79.9. The van der Waals surface area contributed by atoms with Gasteiger partial charge in [-0.3, -0.25) is 4.79 Å². The standard InChI is InChI=1S/C17H13BrN2O2S/c1-22-15-7-4-12(18)10-14(15)16(21)20-13-5-2-11(3-6-13)17-19-8-9-23-17/h2-10H,1H3,(H,20,21). The van der Waals surface area contributed by atoms with Gasteiger partial charge in [0, 0.05) is 27.3 Å². The number of methoxy groups -OCH3 is 1. The van der Waals surface area contributed by atoms with E-state index in [4.69, 9.17) is 4.74 Å². The number of nitrogens with one attached hydrogen (secondary N) is 1. The summed E-state index contributed by atoms with van der Waals surface area (Å²) >= 11 is 4.95. The number of carbonyl (C=O) groups excluding carboxylic acids is 1. The van der Waals surface area contributed by atoms with E-state index < -0.39 is 0 Å². The van der Waals surface area contributed by atoms with Gasteiger partial charge in [-0.25, -0.2) is 4.98 Å². The van der Waals surface area contributed by atoms with Crippen LogP contribution in [-0.4, -0.2) is 18.0 Å². The van der Waals surface area contributed by atoms with E-state index in [0.717, 1.165) is 20.7 Å². The minimum Gasteiger partial charge on any atom is -0.496 e. The highest BCUT2D eigenvalue weighted by molar-refractivity contribution is 9.10. The number of rotatable bonds is 4. The van der Waals surface area contributed by atoms with Gasteiger partial charge in [-0.2, -0.15) is 0 Å². The van der Waals surface area contributed by atoms with E-state index in [2.05, 4.69) is 26.2 Å². The minimum atomic E-state index is -0.217. The Morgan fingerprint density at radius 1 is 1.22 bits per heavy atom. The first-order valence-corrected chi connectivity index (χ1v) is 8.49. The van der Waals surface area contributed by atoms with Gasteiger partial charge in [-0.15, -0.1) is 11.3 Å². The van der Waals surface area contributed by atoms with Crippen LogP contribution in [0.1, 0.15) is 10.4 Å². The zero-order chi connectivity index (χ0) is 16.2. The molecule has 2 aromatic carbocycles. The molecule has 0 fully saturated rings. The molecular formula is C17H13BrN2O2S. The molecule has 1 amide bonds. The molecule has 0 bridgehead atoms. The Labute approximate surface area is 146 Å². The molecule has 0 aliphatic rings. The molecule has 4 nitrogen and oxygen atoms in total. The summed E-state index contributed by atoms with van der Waals surface area (Å²) in [7, 11) is 1.54. The second-order valence-electron chi connectivity index (χ2n) is 4.71. The number of halogens is 1. The molecular weight excluding hydrogens is 376 g/mol. The maximum absolute atomic E-state index is 12.4. The van der Waals surface area contributed by atoms with Crippen LogP contribution in [0.3, 0.4) is 0 Å². The number of hydrogen-bond acceptors (Lipinski definition) is 4. The summed E-state index contributed by atoms with van der Waals surface area (Å²) in [6, 6.07) is 12.9. The van der Waals surface area contributed by atoms with Crippen molar-refractivity contribution in [3.8, 4) is 16.3 Å². The zero-order valence-corrected chi connectivity index (χ0v) is 14.6. The fraction of sp³-hybridized carbons (Fsp3) is 0.0588. The molecule has 3 rings (SSSR count). The number of benzene rings is 2. The lowest BCUT2D eigenvalue weighted by atomic mass is 10.1. The smallest absolute Gasteiger partial charge is 0.259 e. The predicted octanol–water partition coefficient (Wildman–Crippen LogP) is 4.83. The van der Waals surface area contributed by atoms with Crippen molar-refractivity contribution in [2.45, 2.75) is 0 Å². The Bertz CT molecular complexity index is 817. The van der Waals surface area contributed by atoms with E-state index in [-0.39, 0.29) is 5.91 Å². The molecule has 6 heteroatoms. The summed E-state index contributed by atoms with van der Waals surface area (Å²) in [6.45, 7) is 0. The molecule has 0 aliphatic carbocycles. The molecule has 0 saturated heterocycles. The van der Waals surface area contributed by atoms with Crippen LogP contribution in [-0.2, 0) is 0 Å². The second-order valence-corrected chi connectivity index (χ2v) is 6.52. The molecule has 0 atom stereocenters. The van der Waals surface area contributed by atoms with Crippen molar-refractivity contribution in [1.29, 1.82) is 0 Å². The first-order valence-electron chi connectivity index (χ1n) is 6.82. The molecule has 1 aromatic heterocycles. The first-order chi connectivity index (χ1) is 11.2. The Morgan fingerprint density at radius 2 is 2.00 bits per heavy atom. The third-order valence-electron chi connectivity index (χ3n) is 3.23. The number of thiazole rings is 1. The van der Waals surface area contributed by atoms with Crippen LogP contribution in [0, 0.1) is 0 Å². The van der Waals surface area contributed by atoms with Gasteiger partial charge in [-0.05, 0) is 42.5 Å². The van der Waals surface area contributed by atoms with E-state index >= 15 is 0 Å². The molecule has 1 heterocycles. The van der Waals surface area contributed by atoms with Crippen LogP contribution >= 0.6 is 27.3 Å². The summed E-state index contributed by atoms with van der Waals surface area (Å²) in [6.07, 6.45) is 1.77. The van der Waals surface area contributed by atoms with Gasteiger partial charge >= 0.3 is 0 Å². The monoisotopic (exact) mass is 388 g/mol. The van der Waals surface area contributed by atoms with E-state index in [1.807, 2.05) is 35.7 Å². The van der Waals surface area contributed by atoms with Gasteiger partial charge in [0.15, 0.2) is 0 Å². The molecule has 1 N–H and O–H groups in total. The van der Waals surface area contributed by atoms with Crippen LogP contribution < -0.4 is 10.1 Å². The van der Waals surface area contributed by atoms with Gasteiger partial charge < -0.3 is 10.1 Å². The largest absolute Gasteiger partial charge is 0.496 e. The van der Waals surface area contributed by atoms with E-state index in [1.54, 1.807) is 36.8 Å². The number of aromatic nitrogens is 1. The molecule has 0 aliphatic heterocycles. The molecule has 0 radical (unpaired) electrons. The van der Waals surface area contributed by atoms with Gasteiger partial charge in [0.05, 0.1) is 12.7 Å². The van der Waals surface area contributed by atoms with E-state index in [9.17, 15) is 4.79 Å². The fourth-order valence-electron chi connectivity index (χ4n) is 2.12. The highest BCUT2D eigenvalue weighted by Crippen LogP contribution is 2.26. The van der Waals surface area contributed by atoms with Crippen molar-refractivity contribution < 1.29 is 9.53 Å². The Morgan fingerprint density at radius 3 is 2.65 bits per heavy atom. The van der Waals surface area contributed by atoms with Crippen molar-refractivity contribution >= 4 is 38.9 Å². The molecule has 23 heavy (non-hydrogen) atoms. The quantitative estimate of drug-likeness (QED) is 0.695. The third kappa shape index (κ3) is 3.60. The molecule has 116 valence electrons. The van der Waals surface area contributed by atoms with Crippen LogP contribution in [0.15, 0.2) is 58.5 Å². The molecule has 0 spiro atoms. The number of nitrogens with zero attached hydrogens (tertiary/aromatic N) is 1. The highest BCUT2D eigenvalue weighted by Gasteiger charge is 2.13. The number of carbonyl (C=O) groups is 1. The summed E-state index contributed by atoms with van der Waals surface area (Å²) in [5.74, 6) is 0.315. The predicted molar refractivity (Wildman–Crippen MR) is 96.2 cm³/mol. The lowest BCUT2D eigenvalue weighted by Crippen LogP contribution is -2.13. The number of hydrogen-bond donors (Lipinski definition) is 1. The Balaban J connectivity index is 1.79. The van der Waals surface area contributed by atoms with Gasteiger partial charge in [0.1, 0.15) is 10.8 Å². The minimum absolute atomic E-state index is 0.217. The summed E-state index contributed by atoms with van der Waals surface area (Å²) in [4.78, 5) is 16.7. The average molecular weight is 389 g/mol. The van der Waals surface area contributed by atoms with Crippen LogP contribution in [0.4, 0.5) is 5.69 Å². The molecule has 0 unspecified atom stereocenters. The lowest BCUT2D eigenvalue weighted by molar-refractivity contribution is 0.102. The van der Waals surface area contributed by atoms with Crippen molar-refractivity contribution in [1.82, 2.24) is 4.98 Å². The average Bonchev–Trinajstić information content (AvgIpc) is 3.10. The summed E-state index contributed by atoms with van der Waals surface area (Å²) < 4.78 is 6.06. The van der Waals surface area contributed by atoms with Crippen LogP contribution in [0.25, 0.3) is 10.6 Å². The Kier molecular flexibility index (Phi) is 4.73. The van der Waals surface area contributed by atoms with Crippen LogP contribution in [0.5, 0.6) is 5.75 Å². The summed E-state index contributed by atoms with van der Waals surface area (Å²) in [5, 5.41) is 5.77. The van der Waals surface area contributed by atoms with Crippen molar-refractivity contribution in [3.05, 3.63) is 64.1 Å².